The molecule has 106 valence electrons. The van der Waals surface area contributed by atoms with E-state index in [0.29, 0.717) is 17.7 Å². The first-order valence-corrected chi connectivity index (χ1v) is 5.92. The maximum absolute atomic E-state index is 12.1. The molecule has 0 radical (unpaired) electrons. The van der Waals surface area contributed by atoms with Crippen molar-refractivity contribution in [1.29, 1.82) is 0 Å². The Morgan fingerprint density at radius 1 is 1.50 bits per heavy atom. The molecule has 1 N–H and O–H groups in total. The fourth-order valence-electron chi connectivity index (χ4n) is 2.00. The van der Waals surface area contributed by atoms with Gasteiger partial charge in [-0.15, -0.1) is 0 Å². The zero-order valence-corrected chi connectivity index (χ0v) is 11.0. The van der Waals surface area contributed by atoms with Crippen molar-refractivity contribution in [2.45, 2.75) is 13.8 Å². The second-order valence-electron chi connectivity index (χ2n) is 5.04. The largest absolute Gasteiger partial charge is 0.381 e. The number of nitrogens with one attached hydrogen (secondary N) is 1. The van der Waals surface area contributed by atoms with Gasteiger partial charge in [0.2, 0.25) is 0 Å². The van der Waals surface area contributed by atoms with Crippen LogP contribution in [0, 0.1) is 15.5 Å². The van der Waals surface area contributed by atoms with Crippen molar-refractivity contribution >= 4 is 23.4 Å². The Hall–Kier alpha value is -2.44. The smallest absolute Gasteiger partial charge is 0.358 e. The third kappa shape index (κ3) is 2.34. The zero-order chi connectivity index (χ0) is 14.9. The number of fused-ring (bicyclic) bond motifs is 1. The third-order valence-corrected chi connectivity index (χ3v) is 3.43. The van der Waals surface area contributed by atoms with Crippen LogP contribution < -0.4 is 5.32 Å². The highest BCUT2D eigenvalue weighted by Crippen LogP contribution is 2.35. The quantitative estimate of drug-likeness (QED) is 0.680. The van der Waals surface area contributed by atoms with Crippen LogP contribution in [0.4, 0.5) is 15.9 Å². The first-order valence-electron chi connectivity index (χ1n) is 5.92. The van der Waals surface area contributed by atoms with E-state index in [2.05, 4.69) is 10.3 Å². The van der Waals surface area contributed by atoms with E-state index >= 15 is 0 Å². The minimum absolute atomic E-state index is 0.0473. The number of hydrogen-bond acceptors (Lipinski definition) is 5. The monoisotopic (exact) mass is 280 g/mol. The molecule has 2 rings (SSSR count). The van der Waals surface area contributed by atoms with Gasteiger partial charge in [-0.2, -0.15) is 0 Å². The SMILES string of the molecule is CC(C)(C(=O)OF)C1=Cc2cc([N+](=O)[O-])ccc2NC1. The van der Waals surface area contributed by atoms with Gasteiger partial charge in [0.05, 0.1) is 10.3 Å². The van der Waals surface area contributed by atoms with E-state index in [0.717, 1.165) is 5.69 Å². The Morgan fingerprint density at radius 2 is 2.20 bits per heavy atom. The van der Waals surface area contributed by atoms with Crippen LogP contribution >= 0.6 is 0 Å². The number of hydrogen-bond donors (Lipinski definition) is 1. The highest BCUT2D eigenvalue weighted by atomic mass is 19.3. The minimum Gasteiger partial charge on any atom is -0.381 e. The molecular weight excluding hydrogens is 267 g/mol. The Balaban J connectivity index is 2.44. The van der Waals surface area contributed by atoms with Crippen molar-refractivity contribution < 1.29 is 19.2 Å². The molecule has 0 saturated carbocycles. The summed E-state index contributed by atoms with van der Waals surface area (Å²) in [6.45, 7) is 3.41. The molecule has 6 nitrogen and oxygen atoms in total. The lowest BCUT2D eigenvalue weighted by atomic mass is 9.81. The number of carbonyl (C=O) groups excluding carboxylic acids is 1. The van der Waals surface area contributed by atoms with Crippen LogP contribution in [0.3, 0.4) is 0 Å². The molecule has 0 fully saturated rings. The van der Waals surface area contributed by atoms with Gasteiger partial charge in [0.25, 0.3) is 5.69 Å². The van der Waals surface area contributed by atoms with Gasteiger partial charge < -0.3 is 5.32 Å². The van der Waals surface area contributed by atoms with Crippen molar-refractivity contribution in [2.75, 3.05) is 11.9 Å². The molecule has 20 heavy (non-hydrogen) atoms. The molecule has 0 amide bonds. The number of halogens is 1. The third-order valence-electron chi connectivity index (χ3n) is 3.43. The Kier molecular flexibility index (Phi) is 3.44. The summed E-state index contributed by atoms with van der Waals surface area (Å²) >= 11 is 0. The van der Waals surface area contributed by atoms with Crippen molar-refractivity contribution in [2.24, 2.45) is 5.41 Å². The van der Waals surface area contributed by atoms with Gasteiger partial charge in [0.15, 0.2) is 0 Å². The molecule has 1 heterocycles. The van der Waals surface area contributed by atoms with E-state index in [4.69, 9.17) is 0 Å². The fraction of sp³-hybridized carbons (Fsp3) is 0.308. The first-order chi connectivity index (χ1) is 9.36. The van der Waals surface area contributed by atoms with Crippen LogP contribution in [0.15, 0.2) is 23.8 Å². The molecule has 0 atom stereocenters. The number of rotatable bonds is 3. The summed E-state index contributed by atoms with van der Waals surface area (Å²) < 4.78 is 12.1. The molecule has 1 aliphatic heterocycles. The lowest BCUT2D eigenvalue weighted by Gasteiger charge is -2.28. The highest BCUT2D eigenvalue weighted by Gasteiger charge is 2.36. The molecular formula is C13H13FN2O4. The average molecular weight is 280 g/mol. The summed E-state index contributed by atoms with van der Waals surface area (Å²) in [6, 6.07) is 4.39. The van der Waals surface area contributed by atoms with Gasteiger partial charge in [0.1, 0.15) is 0 Å². The Labute approximate surface area is 114 Å². The van der Waals surface area contributed by atoms with Gasteiger partial charge >= 0.3 is 5.97 Å². The maximum atomic E-state index is 12.1. The topological polar surface area (TPSA) is 81.5 Å². The number of nitrogens with zero attached hydrogens (tertiary/aromatic N) is 1. The second kappa shape index (κ2) is 4.92. The standard InChI is InChI=1S/C13H13FN2O4/c1-13(2,12(17)20-14)9-5-8-6-10(16(18)19)3-4-11(8)15-7-9/h3-6,15H,7H2,1-2H3. The predicted molar refractivity (Wildman–Crippen MR) is 70.5 cm³/mol. The number of non-ortho nitro benzene ring substituents is 1. The van der Waals surface area contributed by atoms with E-state index in [1.54, 1.807) is 12.1 Å². The molecule has 7 heteroatoms. The van der Waals surface area contributed by atoms with Crippen molar-refractivity contribution in [3.63, 3.8) is 0 Å². The summed E-state index contributed by atoms with van der Waals surface area (Å²) in [7, 11) is 0. The van der Waals surface area contributed by atoms with Gasteiger partial charge in [-0.1, -0.05) is 6.08 Å². The van der Waals surface area contributed by atoms with E-state index in [1.807, 2.05) is 0 Å². The molecule has 0 spiro atoms. The normalized spacial score (nSPS) is 13.8. The van der Waals surface area contributed by atoms with E-state index in [-0.39, 0.29) is 5.69 Å². The van der Waals surface area contributed by atoms with E-state index < -0.39 is 16.3 Å². The number of anilines is 1. The van der Waals surface area contributed by atoms with Crippen LogP contribution in [0.25, 0.3) is 6.08 Å². The van der Waals surface area contributed by atoms with Gasteiger partial charge in [-0.3, -0.25) is 15.1 Å². The lowest BCUT2D eigenvalue weighted by molar-refractivity contribution is -0.384. The molecule has 0 aromatic heterocycles. The molecule has 0 bridgehead atoms. The van der Waals surface area contributed by atoms with E-state index in [1.165, 1.54) is 26.0 Å². The summed E-state index contributed by atoms with van der Waals surface area (Å²) in [5, 5.41) is 13.8. The van der Waals surface area contributed by atoms with Crippen molar-refractivity contribution in [3.8, 4) is 0 Å². The molecule has 0 saturated heterocycles. The van der Waals surface area contributed by atoms with Gasteiger partial charge in [-0.05, 0) is 25.5 Å². The summed E-state index contributed by atoms with van der Waals surface area (Å²) in [5.74, 6) is -1.00. The van der Waals surface area contributed by atoms with Crippen molar-refractivity contribution in [3.05, 3.63) is 39.4 Å². The zero-order valence-electron chi connectivity index (χ0n) is 11.0. The average Bonchev–Trinajstić information content (AvgIpc) is 2.44. The van der Waals surface area contributed by atoms with Crippen LogP contribution in [0.2, 0.25) is 0 Å². The van der Waals surface area contributed by atoms with Crippen LogP contribution in [-0.4, -0.2) is 17.4 Å². The molecule has 1 aromatic rings. The van der Waals surface area contributed by atoms with E-state index in [9.17, 15) is 19.4 Å². The minimum atomic E-state index is -1.15. The summed E-state index contributed by atoms with van der Waals surface area (Å²) in [5.41, 5.74) is 0.704. The Morgan fingerprint density at radius 3 is 2.80 bits per heavy atom. The summed E-state index contributed by atoms with van der Waals surface area (Å²) in [6.07, 6.45) is 1.65. The highest BCUT2D eigenvalue weighted by molar-refractivity contribution is 5.84. The molecule has 1 aliphatic rings. The van der Waals surface area contributed by atoms with Crippen molar-refractivity contribution in [1.82, 2.24) is 0 Å². The molecule has 1 aromatic carbocycles. The molecule has 0 unspecified atom stereocenters. The summed E-state index contributed by atoms with van der Waals surface area (Å²) in [4.78, 5) is 25.0. The van der Waals surface area contributed by atoms with Gasteiger partial charge in [-0.25, -0.2) is 4.79 Å². The maximum Gasteiger partial charge on any atom is 0.358 e. The lowest BCUT2D eigenvalue weighted by Crippen LogP contribution is -2.31. The number of nitro groups is 1. The molecule has 0 aliphatic carbocycles. The number of benzene rings is 1. The number of nitro benzene ring substituents is 1. The first kappa shape index (κ1) is 14.0. The van der Waals surface area contributed by atoms with Crippen LogP contribution in [0.1, 0.15) is 19.4 Å². The Bertz CT molecular complexity index is 610. The van der Waals surface area contributed by atoms with Crippen LogP contribution in [-0.2, 0) is 9.74 Å². The van der Waals surface area contributed by atoms with Gasteiger partial charge in [0, 0.05) is 34.5 Å². The number of carbonyl (C=O) groups is 1. The predicted octanol–water partition coefficient (Wildman–Crippen LogP) is 2.86. The van der Waals surface area contributed by atoms with Crippen LogP contribution in [0.5, 0.6) is 0 Å². The second-order valence-corrected chi connectivity index (χ2v) is 5.04. The fourth-order valence-corrected chi connectivity index (χ4v) is 2.00.